The molecule has 0 amide bonds. The predicted octanol–water partition coefficient (Wildman–Crippen LogP) is 3.27. The lowest BCUT2D eigenvalue weighted by Gasteiger charge is -2.47. The van der Waals surface area contributed by atoms with Gasteiger partial charge in [-0.15, -0.1) is 0 Å². The largest absolute Gasteiger partial charge is 0.465 e. The third-order valence-corrected chi connectivity index (χ3v) is 5.78. The van der Waals surface area contributed by atoms with Gasteiger partial charge >= 0.3 is 5.97 Å². The van der Waals surface area contributed by atoms with Crippen molar-refractivity contribution in [1.29, 1.82) is 0 Å². The number of nitrogens with zero attached hydrogens (tertiary/aromatic N) is 1. The molecule has 2 unspecified atom stereocenters. The summed E-state index contributed by atoms with van der Waals surface area (Å²) in [6.07, 6.45) is 1.97. The smallest absolute Gasteiger partial charge is 0.337 e. The number of piperidine rings is 3. The Hall–Kier alpha value is -2.46. The quantitative estimate of drug-likeness (QED) is 0.795. The normalized spacial score (nSPS) is 25.7. The van der Waals surface area contributed by atoms with Crippen LogP contribution in [0.1, 0.15) is 40.2 Å². The van der Waals surface area contributed by atoms with Gasteiger partial charge in [-0.25, -0.2) is 4.79 Å². The molecule has 26 heavy (non-hydrogen) atoms. The zero-order chi connectivity index (χ0) is 18.1. The van der Waals surface area contributed by atoms with E-state index in [9.17, 15) is 9.59 Å². The molecule has 3 fully saturated rings. The van der Waals surface area contributed by atoms with Gasteiger partial charge in [0.1, 0.15) is 0 Å². The Morgan fingerprint density at radius 3 is 2.19 bits per heavy atom. The molecule has 134 valence electrons. The number of hydrogen-bond donors (Lipinski definition) is 0. The molecule has 2 atom stereocenters. The third-order valence-electron chi connectivity index (χ3n) is 5.78. The van der Waals surface area contributed by atoms with E-state index < -0.39 is 0 Å². The second-order valence-corrected chi connectivity index (χ2v) is 7.16. The van der Waals surface area contributed by atoms with Crippen molar-refractivity contribution in [3.8, 4) is 0 Å². The molecule has 5 rings (SSSR count). The van der Waals surface area contributed by atoms with Gasteiger partial charge in [0.15, 0.2) is 5.78 Å². The second-order valence-electron chi connectivity index (χ2n) is 7.16. The highest BCUT2D eigenvalue weighted by Crippen LogP contribution is 2.39. The summed E-state index contributed by atoms with van der Waals surface area (Å²) in [7, 11) is 1.38. The summed E-state index contributed by atoms with van der Waals surface area (Å²) in [4.78, 5) is 27.2. The fourth-order valence-corrected chi connectivity index (χ4v) is 4.42. The molecule has 3 saturated heterocycles. The van der Waals surface area contributed by atoms with Gasteiger partial charge in [0.25, 0.3) is 0 Å². The van der Waals surface area contributed by atoms with E-state index in [2.05, 4.69) is 17.0 Å². The van der Waals surface area contributed by atoms with Gasteiger partial charge in [0, 0.05) is 11.8 Å². The van der Waals surface area contributed by atoms with Gasteiger partial charge in [-0.2, -0.15) is 0 Å². The molecule has 4 heteroatoms. The number of methoxy groups -OCH3 is 1. The first-order chi connectivity index (χ1) is 12.7. The molecule has 2 aromatic carbocycles. The van der Waals surface area contributed by atoms with Crippen molar-refractivity contribution in [2.75, 3.05) is 20.2 Å². The number of esters is 1. The number of carbonyl (C=O) groups is 2. The van der Waals surface area contributed by atoms with Gasteiger partial charge in [-0.1, -0.05) is 42.5 Å². The number of Topliss-reactive ketones (excluding diaryl/α,β-unsaturated/α-hetero) is 1. The SMILES string of the molecule is COC(=O)c1ccc(C(c2ccccc2)C2C(=O)C3CCN2CC3)cc1. The Kier molecular flexibility index (Phi) is 4.60. The Bertz CT molecular complexity index is 792. The first kappa shape index (κ1) is 17.0. The zero-order valence-corrected chi connectivity index (χ0v) is 14.9. The number of carbonyl (C=O) groups excluding carboxylic acids is 2. The molecule has 3 aliphatic heterocycles. The van der Waals surface area contributed by atoms with Crippen LogP contribution in [0.2, 0.25) is 0 Å². The Balaban J connectivity index is 1.75. The molecule has 0 aliphatic carbocycles. The summed E-state index contributed by atoms with van der Waals surface area (Å²) in [5, 5.41) is 0. The lowest BCUT2D eigenvalue weighted by atomic mass is 9.73. The summed E-state index contributed by atoms with van der Waals surface area (Å²) in [6.45, 7) is 1.98. The molecule has 0 spiro atoms. The number of hydrogen-bond acceptors (Lipinski definition) is 4. The van der Waals surface area contributed by atoms with Crippen LogP contribution >= 0.6 is 0 Å². The molecule has 0 aromatic heterocycles. The van der Waals surface area contributed by atoms with Gasteiger partial charge in [0.05, 0.1) is 18.7 Å². The molecule has 0 radical (unpaired) electrons. The summed E-state index contributed by atoms with van der Waals surface area (Å²) >= 11 is 0. The van der Waals surface area contributed by atoms with E-state index in [1.54, 1.807) is 12.1 Å². The molecule has 0 saturated carbocycles. The standard InChI is InChI=1S/C22H23NO3/c1-26-22(25)18-9-7-16(8-10-18)19(15-5-3-2-4-6-15)20-21(24)17-11-13-23(20)14-12-17/h2-10,17,19-20H,11-14H2,1H3. The average molecular weight is 349 g/mol. The van der Waals surface area contributed by atoms with E-state index in [-0.39, 0.29) is 23.8 Å². The van der Waals surface area contributed by atoms with Crippen LogP contribution in [0.25, 0.3) is 0 Å². The fourth-order valence-electron chi connectivity index (χ4n) is 4.42. The first-order valence-corrected chi connectivity index (χ1v) is 9.20. The Morgan fingerprint density at radius 1 is 1.00 bits per heavy atom. The van der Waals surface area contributed by atoms with E-state index in [4.69, 9.17) is 4.74 Å². The molecule has 0 N–H and O–H groups in total. The highest BCUT2D eigenvalue weighted by molar-refractivity contribution is 5.90. The van der Waals surface area contributed by atoms with Gasteiger partial charge < -0.3 is 4.74 Å². The Labute approximate surface area is 153 Å². The summed E-state index contributed by atoms with van der Waals surface area (Å²) in [6, 6.07) is 17.6. The van der Waals surface area contributed by atoms with Crippen molar-refractivity contribution in [2.24, 2.45) is 5.92 Å². The summed E-state index contributed by atoms with van der Waals surface area (Å²) in [5.41, 5.74) is 2.74. The van der Waals surface area contributed by atoms with Crippen LogP contribution in [0, 0.1) is 5.92 Å². The van der Waals surface area contributed by atoms with Gasteiger partial charge in [0.2, 0.25) is 0 Å². The number of fused-ring (bicyclic) bond motifs is 3. The van der Waals surface area contributed by atoms with Crippen LogP contribution in [0.4, 0.5) is 0 Å². The zero-order valence-electron chi connectivity index (χ0n) is 14.9. The second kappa shape index (κ2) is 7.04. The van der Waals surface area contributed by atoms with Crippen molar-refractivity contribution in [2.45, 2.75) is 24.8 Å². The predicted molar refractivity (Wildman–Crippen MR) is 99.2 cm³/mol. The molecular formula is C22H23NO3. The third kappa shape index (κ3) is 2.95. The maximum absolute atomic E-state index is 13.1. The van der Waals surface area contributed by atoms with Crippen LogP contribution in [-0.2, 0) is 9.53 Å². The molecule has 2 aromatic rings. The Morgan fingerprint density at radius 2 is 1.62 bits per heavy atom. The molecular weight excluding hydrogens is 326 g/mol. The fraction of sp³-hybridized carbons (Fsp3) is 0.364. The topological polar surface area (TPSA) is 46.6 Å². The van der Waals surface area contributed by atoms with Crippen molar-refractivity contribution in [3.63, 3.8) is 0 Å². The lowest BCUT2D eigenvalue weighted by molar-refractivity contribution is -0.137. The van der Waals surface area contributed by atoms with E-state index in [1.165, 1.54) is 7.11 Å². The van der Waals surface area contributed by atoms with Gasteiger partial charge in [-0.05, 0) is 49.2 Å². The minimum Gasteiger partial charge on any atom is -0.465 e. The number of ether oxygens (including phenoxy) is 1. The van der Waals surface area contributed by atoms with E-state index in [0.717, 1.165) is 37.1 Å². The van der Waals surface area contributed by atoms with Gasteiger partial charge in [-0.3, -0.25) is 9.69 Å². The van der Waals surface area contributed by atoms with Crippen molar-refractivity contribution in [1.82, 2.24) is 4.90 Å². The summed E-state index contributed by atoms with van der Waals surface area (Å²) in [5.74, 6) is 0.210. The van der Waals surface area contributed by atoms with E-state index in [0.29, 0.717) is 11.3 Å². The van der Waals surface area contributed by atoms with Crippen molar-refractivity contribution >= 4 is 11.8 Å². The average Bonchev–Trinajstić information content (AvgIpc) is 2.71. The lowest BCUT2D eigenvalue weighted by Crippen LogP contribution is -2.57. The highest BCUT2D eigenvalue weighted by atomic mass is 16.5. The summed E-state index contributed by atoms with van der Waals surface area (Å²) < 4.78 is 4.79. The molecule has 4 nitrogen and oxygen atoms in total. The number of ketones is 1. The van der Waals surface area contributed by atoms with Crippen LogP contribution in [0.15, 0.2) is 54.6 Å². The first-order valence-electron chi connectivity index (χ1n) is 9.20. The van der Waals surface area contributed by atoms with Crippen molar-refractivity contribution < 1.29 is 14.3 Å². The monoisotopic (exact) mass is 349 g/mol. The molecule has 3 heterocycles. The van der Waals surface area contributed by atoms with Crippen molar-refractivity contribution in [3.05, 3.63) is 71.3 Å². The maximum Gasteiger partial charge on any atom is 0.337 e. The molecule has 2 bridgehead atoms. The van der Waals surface area contributed by atoms with E-state index in [1.807, 2.05) is 30.3 Å². The van der Waals surface area contributed by atoms with Crippen LogP contribution in [-0.4, -0.2) is 42.9 Å². The van der Waals surface area contributed by atoms with E-state index >= 15 is 0 Å². The number of rotatable bonds is 4. The highest BCUT2D eigenvalue weighted by Gasteiger charge is 2.45. The molecule has 3 aliphatic rings. The minimum atomic E-state index is -0.343. The van der Waals surface area contributed by atoms with Crippen LogP contribution < -0.4 is 0 Å². The number of benzene rings is 2. The minimum absolute atomic E-state index is 0.0153. The maximum atomic E-state index is 13.1. The van der Waals surface area contributed by atoms with Crippen LogP contribution in [0.3, 0.4) is 0 Å². The van der Waals surface area contributed by atoms with Crippen LogP contribution in [0.5, 0.6) is 0 Å².